The predicted molar refractivity (Wildman–Crippen MR) is 72.7 cm³/mol. The van der Waals surface area contributed by atoms with Crippen molar-refractivity contribution >= 4 is 5.65 Å². The Labute approximate surface area is 112 Å². The number of aromatic nitrogens is 4. The number of hydrogen-bond acceptors (Lipinski definition) is 3. The van der Waals surface area contributed by atoms with E-state index in [-0.39, 0.29) is 0 Å². The minimum Gasteiger partial charge on any atom is -0.214 e. The van der Waals surface area contributed by atoms with Gasteiger partial charge in [0.1, 0.15) is 5.82 Å². The highest BCUT2D eigenvalue weighted by Gasteiger charge is 2.01. The molecule has 0 atom stereocenters. The Kier molecular flexibility index (Phi) is 3.49. The van der Waals surface area contributed by atoms with E-state index in [1.807, 2.05) is 12.1 Å². The molecule has 0 saturated heterocycles. The predicted octanol–water partition coefficient (Wildman–Crippen LogP) is 2.49. The quantitative estimate of drug-likeness (QED) is 0.654. The number of benzene rings is 1. The van der Waals surface area contributed by atoms with E-state index in [4.69, 9.17) is 0 Å². The zero-order valence-electron chi connectivity index (χ0n) is 10.7. The fourth-order valence-electron chi connectivity index (χ4n) is 2.09. The van der Waals surface area contributed by atoms with Crippen LogP contribution in [0.3, 0.4) is 0 Å². The van der Waals surface area contributed by atoms with E-state index in [0.717, 1.165) is 37.2 Å². The highest BCUT2D eigenvalue weighted by atomic mass is 15.3. The molecule has 4 heteroatoms. The first-order valence-electron chi connectivity index (χ1n) is 6.54. The molecule has 0 N–H and O–H groups in total. The van der Waals surface area contributed by atoms with Gasteiger partial charge < -0.3 is 0 Å². The van der Waals surface area contributed by atoms with Gasteiger partial charge in [-0.3, -0.25) is 0 Å². The van der Waals surface area contributed by atoms with Gasteiger partial charge in [-0.05, 0) is 24.8 Å². The third-order valence-electron chi connectivity index (χ3n) is 3.10. The van der Waals surface area contributed by atoms with Crippen LogP contribution >= 0.6 is 0 Å². The second kappa shape index (κ2) is 5.61. The lowest BCUT2D eigenvalue weighted by atomic mass is 10.1. The minimum atomic E-state index is 0.813. The van der Waals surface area contributed by atoms with E-state index in [9.17, 15) is 0 Å². The van der Waals surface area contributed by atoms with Crippen LogP contribution in [0.1, 0.15) is 24.2 Å². The zero-order chi connectivity index (χ0) is 12.9. The van der Waals surface area contributed by atoms with Crippen LogP contribution in [0.4, 0.5) is 0 Å². The van der Waals surface area contributed by atoms with E-state index < -0.39 is 0 Å². The zero-order valence-corrected chi connectivity index (χ0v) is 10.7. The summed E-state index contributed by atoms with van der Waals surface area (Å²) in [6.07, 6.45) is 8.80. The summed E-state index contributed by atoms with van der Waals surface area (Å²) in [5, 5.41) is 4.03. The molecule has 0 saturated carbocycles. The maximum Gasteiger partial charge on any atom is 0.202 e. The smallest absolute Gasteiger partial charge is 0.202 e. The highest BCUT2D eigenvalue weighted by Crippen LogP contribution is 2.07. The minimum absolute atomic E-state index is 0.813. The van der Waals surface area contributed by atoms with Crippen LogP contribution in [0, 0.1) is 6.33 Å². The standard InChI is InChI=1S/C15H15N4/c1-2-6-13(7-3-1)8-4-5-9-14-16-12-19-15(18-14)10-11-17-19/h1-3,6-7,10-11H,4-5,8-9H2. The van der Waals surface area contributed by atoms with E-state index in [2.05, 4.69) is 45.7 Å². The molecule has 2 heterocycles. The molecule has 2 aromatic heterocycles. The lowest BCUT2D eigenvalue weighted by molar-refractivity contribution is 0.698. The van der Waals surface area contributed by atoms with Gasteiger partial charge in [0.25, 0.3) is 0 Å². The summed E-state index contributed by atoms with van der Waals surface area (Å²) in [6.45, 7) is 0. The van der Waals surface area contributed by atoms with Crippen molar-refractivity contribution in [2.45, 2.75) is 25.7 Å². The number of unbranched alkanes of at least 4 members (excludes halogenated alkanes) is 1. The van der Waals surface area contributed by atoms with Crippen molar-refractivity contribution in [2.24, 2.45) is 0 Å². The van der Waals surface area contributed by atoms with Crippen LogP contribution in [0.25, 0.3) is 5.65 Å². The molecule has 0 unspecified atom stereocenters. The van der Waals surface area contributed by atoms with Crippen LogP contribution in [0.5, 0.6) is 0 Å². The summed E-state index contributed by atoms with van der Waals surface area (Å²) >= 11 is 0. The number of hydrogen-bond donors (Lipinski definition) is 0. The molecule has 1 aromatic carbocycles. The van der Waals surface area contributed by atoms with Gasteiger partial charge in [0, 0.05) is 12.5 Å². The number of fused-ring (bicyclic) bond motifs is 1. The maximum atomic E-state index is 4.44. The molecule has 0 bridgehead atoms. The SMILES string of the molecule is [c]1nc(CCCCc2ccccc2)nc2ccnn12. The third-order valence-corrected chi connectivity index (χ3v) is 3.10. The van der Waals surface area contributed by atoms with Crippen molar-refractivity contribution in [1.29, 1.82) is 0 Å². The van der Waals surface area contributed by atoms with Gasteiger partial charge in [-0.15, -0.1) is 0 Å². The van der Waals surface area contributed by atoms with Crippen molar-refractivity contribution in [2.75, 3.05) is 0 Å². The Balaban J connectivity index is 1.52. The molecule has 1 radical (unpaired) electrons. The molecular weight excluding hydrogens is 236 g/mol. The van der Waals surface area contributed by atoms with Crippen LogP contribution < -0.4 is 0 Å². The summed E-state index contributed by atoms with van der Waals surface area (Å²) in [4.78, 5) is 8.63. The van der Waals surface area contributed by atoms with Gasteiger partial charge in [0.2, 0.25) is 6.33 Å². The fourth-order valence-corrected chi connectivity index (χ4v) is 2.09. The van der Waals surface area contributed by atoms with Gasteiger partial charge in [0.05, 0.1) is 6.20 Å². The average Bonchev–Trinajstić information content (AvgIpc) is 2.92. The Morgan fingerprint density at radius 2 is 1.84 bits per heavy atom. The molecule has 0 amide bonds. The summed E-state index contributed by atoms with van der Waals surface area (Å²) < 4.78 is 1.56. The number of nitrogens with zero attached hydrogens (tertiary/aromatic N) is 4. The highest BCUT2D eigenvalue weighted by molar-refractivity contribution is 5.34. The van der Waals surface area contributed by atoms with Gasteiger partial charge in [0.15, 0.2) is 5.65 Å². The second-order valence-corrected chi connectivity index (χ2v) is 4.53. The third kappa shape index (κ3) is 2.96. The molecule has 0 aliphatic carbocycles. The van der Waals surface area contributed by atoms with Gasteiger partial charge in [-0.25, -0.2) is 9.97 Å². The van der Waals surface area contributed by atoms with Crippen molar-refractivity contribution in [3.63, 3.8) is 0 Å². The summed E-state index contributed by atoms with van der Waals surface area (Å²) in [5.74, 6) is 0.848. The topological polar surface area (TPSA) is 43.1 Å². The molecule has 0 fully saturated rings. The molecular formula is C15H15N4. The van der Waals surface area contributed by atoms with E-state index in [1.165, 1.54) is 5.56 Å². The van der Waals surface area contributed by atoms with Crippen LogP contribution in [-0.4, -0.2) is 19.6 Å². The van der Waals surface area contributed by atoms with Gasteiger partial charge >= 0.3 is 0 Å². The van der Waals surface area contributed by atoms with Crippen molar-refractivity contribution in [1.82, 2.24) is 19.6 Å². The molecule has 0 aliphatic rings. The van der Waals surface area contributed by atoms with Crippen LogP contribution in [0.2, 0.25) is 0 Å². The Hall–Kier alpha value is -2.23. The Bertz CT molecular complexity index is 645. The Morgan fingerprint density at radius 3 is 2.74 bits per heavy atom. The van der Waals surface area contributed by atoms with Crippen molar-refractivity contribution < 1.29 is 0 Å². The molecule has 0 spiro atoms. The van der Waals surface area contributed by atoms with Crippen LogP contribution in [-0.2, 0) is 12.8 Å². The van der Waals surface area contributed by atoms with Crippen LogP contribution in [0.15, 0.2) is 42.6 Å². The summed E-state index contributed by atoms with van der Waals surface area (Å²) in [6, 6.07) is 12.4. The number of rotatable bonds is 5. The lowest BCUT2D eigenvalue weighted by Crippen LogP contribution is -2.00. The summed E-state index contributed by atoms with van der Waals surface area (Å²) in [7, 11) is 0. The first kappa shape index (κ1) is 11.8. The average molecular weight is 251 g/mol. The Morgan fingerprint density at radius 1 is 1.00 bits per heavy atom. The van der Waals surface area contributed by atoms with E-state index in [0.29, 0.717) is 0 Å². The largest absolute Gasteiger partial charge is 0.214 e. The van der Waals surface area contributed by atoms with Crippen molar-refractivity contribution in [3.05, 3.63) is 60.3 Å². The first-order chi connectivity index (χ1) is 9.42. The first-order valence-corrected chi connectivity index (χ1v) is 6.54. The molecule has 19 heavy (non-hydrogen) atoms. The lowest BCUT2D eigenvalue weighted by Gasteiger charge is -2.01. The van der Waals surface area contributed by atoms with Gasteiger partial charge in [-0.2, -0.15) is 9.61 Å². The molecule has 0 aliphatic heterocycles. The second-order valence-electron chi connectivity index (χ2n) is 4.53. The van der Waals surface area contributed by atoms with Crippen molar-refractivity contribution in [3.8, 4) is 0 Å². The molecule has 4 nitrogen and oxygen atoms in total. The van der Waals surface area contributed by atoms with E-state index in [1.54, 1.807) is 10.7 Å². The fraction of sp³-hybridized carbons (Fsp3) is 0.267. The normalized spacial score (nSPS) is 10.9. The molecule has 3 rings (SSSR count). The maximum absolute atomic E-state index is 4.44. The summed E-state index contributed by atoms with van der Waals surface area (Å²) in [5.41, 5.74) is 2.20. The van der Waals surface area contributed by atoms with E-state index >= 15 is 0 Å². The number of aryl methyl sites for hydroxylation is 2. The van der Waals surface area contributed by atoms with Gasteiger partial charge in [-0.1, -0.05) is 30.3 Å². The monoisotopic (exact) mass is 251 g/mol. The molecule has 3 aromatic rings. The molecule has 95 valence electrons.